The molecule has 1 rings (SSSR count). The first kappa shape index (κ1) is 32.3. The number of aliphatic imine (C=N–C) groups is 1. The van der Waals surface area contributed by atoms with Gasteiger partial charge in [0.25, 0.3) is 0 Å². The number of carboxylic acid groups (broad SMARTS) is 1. The van der Waals surface area contributed by atoms with Gasteiger partial charge in [0.05, 0.1) is 18.9 Å². The van der Waals surface area contributed by atoms with Crippen LogP contribution in [0.25, 0.3) is 0 Å². The van der Waals surface area contributed by atoms with Crippen molar-refractivity contribution in [3.63, 3.8) is 0 Å². The third-order valence-electron chi connectivity index (χ3n) is 5.28. The summed E-state index contributed by atoms with van der Waals surface area (Å²) in [7, 11) is 0. The first-order valence-corrected chi connectivity index (χ1v) is 11.9. The highest BCUT2D eigenvalue weighted by molar-refractivity contribution is 5.97. The van der Waals surface area contributed by atoms with Crippen LogP contribution in [0.2, 0.25) is 0 Å². The molecule has 214 valence electrons. The number of nitrogens with zero attached hydrogens (tertiary/aromatic N) is 1. The van der Waals surface area contributed by atoms with Gasteiger partial charge in [0.15, 0.2) is 5.96 Å². The topological polar surface area (TPSA) is 301 Å². The van der Waals surface area contributed by atoms with Gasteiger partial charge in [-0.3, -0.25) is 29.0 Å². The van der Waals surface area contributed by atoms with Gasteiger partial charge in [-0.15, -0.1) is 0 Å². The monoisotopic (exact) mass is 549 g/mol. The van der Waals surface area contributed by atoms with E-state index in [1.165, 1.54) is 0 Å². The zero-order valence-corrected chi connectivity index (χ0v) is 21.2. The van der Waals surface area contributed by atoms with E-state index < -0.39 is 72.5 Å². The zero-order valence-electron chi connectivity index (χ0n) is 21.2. The van der Waals surface area contributed by atoms with E-state index in [2.05, 4.69) is 20.9 Å². The van der Waals surface area contributed by atoms with Gasteiger partial charge in [0.2, 0.25) is 29.5 Å². The van der Waals surface area contributed by atoms with Crippen molar-refractivity contribution in [3.8, 4) is 0 Å². The number of nitrogens with one attached hydrogen (secondary N) is 3. The first-order chi connectivity index (χ1) is 18.3. The average Bonchev–Trinajstić information content (AvgIpc) is 2.84. The molecule has 1 aromatic rings. The Morgan fingerprint density at radius 2 is 1.26 bits per heavy atom. The second kappa shape index (κ2) is 16.2. The maximum atomic E-state index is 12.9. The van der Waals surface area contributed by atoms with Gasteiger partial charge in [-0.1, -0.05) is 30.3 Å². The molecule has 16 heteroatoms. The SMILES string of the molecule is NC(=O)CC(NC(=O)C(N)CCCN=C(N)N)C(=O)NC(CC(N)=O)C(=O)NC(Cc1ccccc1)C(=O)O. The summed E-state index contributed by atoms with van der Waals surface area (Å²) in [5, 5.41) is 16.3. The van der Waals surface area contributed by atoms with Crippen molar-refractivity contribution in [1.82, 2.24) is 16.0 Å². The molecule has 0 aliphatic carbocycles. The van der Waals surface area contributed by atoms with Crippen LogP contribution in [0.15, 0.2) is 35.3 Å². The number of carbonyl (C=O) groups is 6. The summed E-state index contributed by atoms with van der Waals surface area (Å²) in [6.07, 6.45) is -0.960. The summed E-state index contributed by atoms with van der Waals surface area (Å²) in [5.41, 5.74) is 27.3. The van der Waals surface area contributed by atoms with Crippen molar-refractivity contribution in [2.75, 3.05) is 6.54 Å². The van der Waals surface area contributed by atoms with E-state index in [-0.39, 0.29) is 25.3 Å². The van der Waals surface area contributed by atoms with E-state index in [1.54, 1.807) is 30.3 Å². The van der Waals surface area contributed by atoms with E-state index in [0.717, 1.165) is 0 Å². The summed E-state index contributed by atoms with van der Waals surface area (Å²) in [6.45, 7) is 0.208. The van der Waals surface area contributed by atoms with Crippen LogP contribution in [-0.4, -0.2) is 77.3 Å². The summed E-state index contributed by atoms with van der Waals surface area (Å²) < 4.78 is 0. The smallest absolute Gasteiger partial charge is 0.326 e. The number of hydrogen-bond acceptors (Lipinski definition) is 8. The molecule has 0 fully saturated rings. The lowest BCUT2D eigenvalue weighted by molar-refractivity contribution is -0.142. The van der Waals surface area contributed by atoms with Gasteiger partial charge in [-0.25, -0.2) is 4.79 Å². The molecule has 0 saturated carbocycles. The Morgan fingerprint density at radius 1 is 0.769 bits per heavy atom. The molecule has 16 nitrogen and oxygen atoms in total. The summed E-state index contributed by atoms with van der Waals surface area (Å²) >= 11 is 0. The van der Waals surface area contributed by atoms with Gasteiger partial charge in [-0.2, -0.15) is 0 Å². The van der Waals surface area contributed by atoms with Crippen LogP contribution in [0, 0.1) is 0 Å². The maximum Gasteiger partial charge on any atom is 0.326 e. The van der Waals surface area contributed by atoms with E-state index >= 15 is 0 Å². The quantitative estimate of drug-likeness (QED) is 0.0513. The largest absolute Gasteiger partial charge is 0.480 e. The second-order valence-corrected chi connectivity index (χ2v) is 8.61. The number of rotatable bonds is 17. The minimum absolute atomic E-state index is 0.0828. The standard InChI is InChI=1S/C23H35N9O7/c24-13(7-4-8-29-23(27)28)19(35)30-14(10-17(25)33)20(36)31-15(11-18(26)34)21(37)32-16(22(38)39)9-12-5-2-1-3-6-12/h1-3,5-6,13-16H,4,7-11,24H2,(H2,25,33)(H2,26,34)(H,30,35)(H,31,36)(H,32,37)(H,38,39)(H4,27,28,29). The number of amides is 5. The predicted octanol–water partition coefficient (Wildman–Crippen LogP) is -4.10. The number of nitrogens with two attached hydrogens (primary N) is 5. The molecule has 0 radical (unpaired) electrons. The summed E-state index contributed by atoms with van der Waals surface area (Å²) in [6, 6.07) is 2.77. The van der Waals surface area contributed by atoms with Crippen molar-refractivity contribution >= 4 is 41.5 Å². The summed E-state index contributed by atoms with van der Waals surface area (Å²) in [5.74, 6) is -6.30. The van der Waals surface area contributed by atoms with E-state index in [4.69, 9.17) is 28.7 Å². The molecule has 39 heavy (non-hydrogen) atoms. The Hall–Kier alpha value is -4.73. The van der Waals surface area contributed by atoms with E-state index in [1.807, 2.05) is 0 Å². The number of hydrogen-bond donors (Lipinski definition) is 9. The minimum atomic E-state index is -1.62. The molecule has 5 amide bonds. The van der Waals surface area contributed by atoms with Crippen molar-refractivity contribution in [3.05, 3.63) is 35.9 Å². The Morgan fingerprint density at radius 3 is 1.72 bits per heavy atom. The average molecular weight is 550 g/mol. The highest BCUT2D eigenvalue weighted by Crippen LogP contribution is 2.06. The molecule has 0 spiro atoms. The number of benzene rings is 1. The molecule has 4 atom stereocenters. The normalized spacial score (nSPS) is 13.6. The molecule has 0 aliphatic rings. The molecule has 1 aromatic carbocycles. The van der Waals surface area contributed by atoms with Gasteiger partial charge in [0.1, 0.15) is 18.1 Å². The van der Waals surface area contributed by atoms with Crippen molar-refractivity contribution < 1.29 is 33.9 Å². The minimum Gasteiger partial charge on any atom is -0.480 e. The van der Waals surface area contributed by atoms with Crippen LogP contribution >= 0.6 is 0 Å². The third-order valence-corrected chi connectivity index (χ3v) is 5.28. The fourth-order valence-electron chi connectivity index (χ4n) is 3.34. The van der Waals surface area contributed by atoms with Crippen LogP contribution in [0.1, 0.15) is 31.2 Å². The number of primary amides is 2. The molecular formula is C23H35N9O7. The fourth-order valence-corrected chi connectivity index (χ4v) is 3.34. The maximum absolute atomic E-state index is 12.9. The number of aliphatic carboxylic acids is 1. The molecule has 0 heterocycles. The van der Waals surface area contributed by atoms with Crippen molar-refractivity contribution in [2.24, 2.45) is 33.7 Å². The molecule has 0 aromatic heterocycles. The van der Waals surface area contributed by atoms with Crippen LogP contribution in [0.3, 0.4) is 0 Å². The lowest BCUT2D eigenvalue weighted by atomic mass is 10.0. The molecule has 0 aliphatic heterocycles. The lowest BCUT2D eigenvalue weighted by Crippen LogP contribution is -2.58. The van der Waals surface area contributed by atoms with Gasteiger partial charge in [0, 0.05) is 13.0 Å². The highest BCUT2D eigenvalue weighted by Gasteiger charge is 2.32. The van der Waals surface area contributed by atoms with Crippen LogP contribution in [0.5, 0.6) is 0 Å². The zero-order chi connectivity index (χ0) is 29.5. The van der Waals surface area contributed by atoms with Gasteiger partial charge < -0.3 is 49.7 Å². The summed E-state index contributed by atoms with van der Waals surface area (Å²) in [4.78, 5) is 76.9. The van der Waals surface area contributed by atoms with Crippen molar-refractivity contribution in [2.45, 2.75) is 56.3 Å². The highest BCUT2D eigenvalue weighted by atomic mass is 16.4. The van der Waals surface area contributed by atoms with E-state index in [0.29, 0.717) is 12.0 Å². The molecule has 0 saturated heterocycles. The molecular weight excluding hydrogens is 514 g/mol. The van der Waals surface area contributed by atoms with Gasteiger partial charge in [-0.05, 0) is 18.4 Å². The van der Waals surface area contributed by atoms with Gasteiger partial charge >= 0.3 is 5.97 Å². The Bertz CT molecular complexity index is 1060. The molecule has 14 N–H and O–H groups in total. The van der Waals surface area contributed by atoms with Crippen LogP contribution in [0.4, 0.5) is 0 Å². The molecule has 0 bridgehead atoms. The number of carboxylic acids is 1. The second-order valence-electron chi connectivity index (χ2n) is 8.61. The fraction of sp³-hybridized carbons (Fsp3) is 0.435. The third kappa shape index (κ3) is 12.9. The van der Waals surface area contributed by atoms with Crippen LogP contribution in [-0.2, 0) is 35.2 Å². The van der Waals surface area contributed by atoms with Crippen molar-refractivity contribution in [1.29, 1.82) is 0 Å². The molecule has 4 unspecified atom stereocenters. The number of carbonyl (C=O) groups excluding carboxylic acids is 5. The Labute approximate surface area is 224 Å². The van der Waals surface area contributed by atoms with Crippen LogP contribution < -0.4 is 44.6 Å². The Kier molecular flexibility index (Phi) is 13.4. The lowest BCUT2D eigenvalue weighted by Gasteiger charge is -2.24. The first-order valence-electron chi connectivity index (χ1n) is 11.9. The predicted molar refractivity (Wildman–Crippen MR) is 139 cm³/mol. The van der Waals surface area contributed by atoms with E-state index in [9.17, 15) is 33.9 Å². The number of guanidine groups is 1. The Balaban J connectivity index is 2.95.